The highest BCUT2D eigenvalue weighted by Crippen LogP contribution is 2.25. The van der Waals surface area contributed by atoms with Gasteiger partial charge in [-0.25, -0.2) is 0 Å². The Morgan fingerprint density at radius 3 is 2.55 bits per heavy atom. The number of hydrogen-bond acceptors (Lipinski definition) is 4. The van der Waals surface area contributed by atoms with E-state index in [9.17, 15) is 4.79 Å². The third-order valence-corrected chi connectivity index (χ3v) is 4.67. The van der Waals surface area contributed by atoms with Crippen molar-refractivity contribution in [2.45, 2.75) is 18.6 Å². The van der Waals surface area contributed by atoms with E-state index in [-0.39, 0.29) is 5.91 Å². The minimum Gasteiger partial charge on any atom is -0.378 e. The lowest BCUT2D eigenvalue weighted by molar-refractivity contribution is -0.156. The zero-order valence-electron chi connectivity index (χ0n) is 13.2. The smallest absolute Gasteiger partial charge is 0.257 e. The van der Waals surface area contributed by atoms with E-state index < -0.39 is 5.60 Å². The number of benzene rings is 1. The lowest BCUT2D eigenvalue weighted by Crippen LogP contribution is -2.56. The molecule has 1 aromatic carbocycles. The minimum atomic E-state index is -0.748. The molecule has 0 N–H and O–H groups in total. The zero-order chi connectivity index (χ0) is 15.4. The van der Waals surface area contributed by atoms with Crippen molar-refractivity contribution in [3.05, 3.63) is 35.9 Å². The lowest BCUT2D eigenvalue weighted by Gasteiger charge is -2.38. The van der Waals surface area contributed by atoms with Crippen molar-refractivity contribution < 1.29 is 14.3 Å². The molecule has 0 bridgehead atoms. The second kappa shape index (κ2) is 6.77. The van der Waals surface area contributed by atoms with Gasteiger partial charge in [-0.15, -0.1) is 0 Å². The van der Waals surface area contributed by atoms with Crippen molar-refractivity contribution >= 4 is 5.91 Å². The first-order chi connectivity index (χ1) is 10.7. The molecule has 1 atom stereocenters. The molecule has 2 aliphatic rings. The van der Waals surface area contributed by atoms with Gasteiger partial charge in [0, 0.05) is 46.3 Å². The van der Waals surface area contributed by atoms with Crippen LogP contribution in [0.3, 0.4) is 0 Å². The van der Waals surface area contributed by atoms with Gasteiger partial charge in [0.25, 0.3) is 5.91 Å². The number of ether oxygens (including phenoxy) is 2. The third kappa shape index (κ3) is 3.16. The number of carbonyl (C=O) groups is 1. The second-order valence-corrected chi connectivity index (χ2v) is 6.05. The van der Waals surface area contributed by atoms with Gasteiger partial charge in [-0.05, 0) is 5.56 Å². The number of amides is 1. The summed E-state index contributed by atoms with van der Waals surface area (Å²) < 4.78 is 10.9. The lowest BCUT2D eigenvalue weighted by atomic mass is 10.0. The monoisotopic (exact) mass is 304 g/mol. The second-order valence-electron chi connectivity index (χ2n) is 6.05. The molecule has 5 nitrogen and oxygen atoms in total. The molecule has 120 valence electrons. The van der Waals surface area contributed by atoms with E-state index in [2.05, 4.69) is 29.2 Å². The molecule has 1 amide bonds. The van der Waals surface area contributed by atoms with Gasteiger partial charge in [-0.3, -0.25) is 9.69 Å². The fourth-order valence-corrected chi connectivity index (χ4v) is 3.20. The van der Waals surface area contributed by atoms with Crippen LogP contribution in [0, 0.1) is 0 Å². The first-order valence-electron chi connectivity index (χ1n) is 7.92. The first kappa shape index (κ1) is 15.5. The summed E-state index contributed by atoms with van der Waals surface area (Å²) in [4.78, 5) is 17.0. The third-order valence-electron chi connectivity index (χ3n) is 4.67. The van der Waals surface area contributed by atoms with Crippen LogP contribution in [0.5, 0.6) is 0 Å². The molecule has 0 aromatic heterocycles. The Hall–Kier alpha value is -1.43. The summed E-state index contributed by atoms with van der Waals surface area (Å²) in [6.45, 7) is 5.26. The fourth-order valence-electron chi connectivity index (χ4n) is 3.20. The van der Waals surface area contributed by atoms with Crippen LogP contribution in [0.4, 0.5) is 0 Å². The number of hydrogen-bond donors (Lipinski definition) is 0. The first-order valence-corrected chi connectivity index (χ1v) is 7.92. The maximum atomic E-state index is 12.7. The highest BCUT2D eigenvalue weighted by Gasteiger charge is 2.45. The van der Waals surface area contributed by atoms with Crippen LogP contribution in [-0.2, 0) is 20.8 Å². The average Bonchev–Trinajstić information content (AvgIpc) is 3.06. The Labute approximate surface area is 131 Å². The van der Waals surface area contributed by atoms with Gasteiger partial charge < -0.3 is 14.4 Å². The predicted molar refractivity (Wildman–Crippen MR) is 83.5 cm³/mol. The van der Waals surface area contributed by atoms with Gasteiger partial charge in [-0.2, -0.15) is 0 Å². The maximum Gasteiger partial charge on any atom is 0.257 e. The Kier molecular flexibility index (Phi) is 4.76. The topological polar surface area (TPSA) is 42.0 Å². The van der Waals surface area contributed by atoms with Crippen LogP contribution in [0.1, 0.15) is 12.0 Å². The Bertz CT molecular complexity index is 492. The maximum absolute atomic E-state index is 12.7. The van der Waals surface area contributed by atoms with Crippen molar-refractivity contribution in [1.82, 2.24) is 9.80 Å². The number of rotatable bonds is 4. The summed E-state index contributed by atoms with van der Waals surface area (Å²) >= 11 is 0. The molecular formula is C17H24N2O3. The average molecular weight is 304 g/mol. The Balaban J connectivity index is 1.54. The molecule has 2 saturated heterocycles. The van der Waals surface area contributed by atoms with Crippen LogP contribution in [-0.4, -0.2) is 67.8 Å². The van der Waals surface area contributed by atoms with Gasteiger partial charge in [0.15, 0.2) is 5.60 Å². The van der Waals surface area contributed by atoms with Crippen molar-refractivity contribution in [2.75, 3.05) is 46.5 Å². The van der Waals surface area contributed by atoms with E-state index in [0.29, 0.717) is 19.6 Å². The summed E-state index contributed by atoms with van der Waals surface area (Å²) in [6, 6.07) is 10.5. The number of nitrogens with zero attached hydrogens (tertiary/aromatic N) is 2. The zero-order valence-corrected chi connectivity index (χ0v) is 13.2. The molecule has 0 radical (unpaired) electrons. The van der Waals surface area contributed by atoms with Crippen LogP contribution >= 0.6 is 0 Å². The number of methoxy groups -OCH3 is 1. The van der Waals surface area contributed by atoms with Gasteiger partial charge in [0.2, 0.25) is 0 Å². The van der Waals surface area contributed by atoms with Crippen molar-refractivity contribution in [1.29, 1.82) is 0 Å². The van der Waals surface area contributed by atoms with Crippen LogP contribution < -0.4 is 0 Å². The molecule has 1 aromatic rings. The summed E-state index contributed by atoms with van der Waals surface area (Å²) in [5, 5.41) is 0. The van der Waals surface area contributed by atoms with E-state index in [1.54, 1.807) is 7.11 Å². The Morgan fingerprint density at radius 2 is 1.95 bits per heavy atom. The van der Waals surface area contributed by atoms with E-state index in [1.807, 2.05) is 11.0 Å². The molecule has 0 saturated carbocycles. The van der Waals surface area contributed by atoms with Crippen molar-refractivity contribution in [2.24, 2.45) is 0 Å². The van der Waals surface area contributed by atoms with E-state index in [4.69, 9.17) is 9.47 Å². The molecular weight excluding hydrogens is 280 g/mol. The van der Waals surface area contributed by atoms with Gasteiger partial charge in [0.1, 0.15) is 0 Å². The predicted octanol–water partition coefficient (Wildman–Crippen LogP) is 1.14. The molecule has 3 rings (SSSR count). The summed E-state index contributed by atoms with van der Waals surface area (Å²) in [7, 11) is 1.61. The van der Waals surface area contributed by atoms with Gasteiger partial charge >= 0.3 is 0 Å². The summed E-state index contributed by atoms with van der Waals surface area (Å²) in [5.74, 6) is 0.0897. The quantitative estimate of drug-likeness (QED) is 0.836. The summed E-state index contributed by atoms with van der Waals surface area (Å²) in [5.41, 5.74) is 0.571. The minimum absolute atomic E-state index is 0.0897. The van der Waals surface area contributed by atoms with E-state index in [0.717, 1.165) is 32.7 Å². The van der Waals surface area contributed by atoms with Gasteiger partial charge in [0.05, 0.1) is 13.2 Å². The van der Waals surface area contributed by atoms with Crippen LogP contribution in [0.25, 0.3) is 0 Å². The highest BCUT2D eigenvalue weighted by molar-refractivity contribution is 5.86. The molecule has 2 fully saturated rings. The molecule has 5 heteroatoms. The Morgan fingerprint density at radius 1 is 1.23 bits per heavy atom. The molecule has 0 spiro atoms. The molecule has 22 heavy (non-hydrogen) atoms. The molecule has 2 aliphatic heterocycles. The molecule has 0 aliphatic carbocycles. The number of piperazine rings is 1. The molecule has 1 unspecified atom stereocenters. The molecule has 2 heterocycles. The normalized spacial score (nSPS) is 26.3. The van der Waals surface area contributed by atoms with Crippen LogP contribution in [0.2, 0.25) is 0 Å². The van der Waals surface area contributed by atoms with E-state index in [1.165, 1.54) is 5.56 Å². The SMILES string of the molecule is COC1(C(=O)N2CCN(Cc3ccccc3)CC2)CCOC1. The van der Waals surface area contributed by atoms with Crippen molar-refractivity contribution in [3.8, 4) is 0 Å². The van der Waals surface area contributed by atoms with Crippen molar-refractivity contribution in [3.63, 3.8) is 0 Å². The summed E-state index contributed by atoms with van der Waals surface area (Å²) in [6.07, 6.45) is 0.659. The van der Waals surface area contributed by atoms with Crippen LogP contribution in [0.15, 0.2) is 30.3 Å². The van der Waals surface area contributed by atoms with E-state index >= 15 is 0 Å². The van der Waals surface area contributed by atoms with Gasteiger partial charge in [-0.1, -0.05) is 30.3 Å². The number of carbonyl (C=O) groups excluding carboxylic acids is 1. The highest BCUT2D eigenvalue weighted by atomic mass is 16.6. The largest absolute Gasteiger partial charge is 0.378 e. The fraction of sp³-hybridized carbons (Fsp3) is 0.588. The standard InChI is InChI=1S/C17H24N2O3/c1-21-17(7-12-22-14-17)16(20)19-10-8-18(9-11-19)13-15-5-3-2-4-6-15/h2-6H,7-14H2,1H3.